The fraction of sp³-hybridized carbons (Fsp3) is 0.429. The first-order valence-corrected chi connectivity index (χ1v) is 6.54. The minimum atomic E-state index is -1.06. The Morgan fingerprint density at radius 2 is 2.15 bits per heavy atom. The minimum Gasteiger partial charge on any atom is -0.480 e. The SMILES string of the molecule is CCCC[C@H](NC(=O)NCc1cccc(F)c1)C(=O)O. The van der Waals surface area contributed by atoms with Crippen molar-refractivity contribution in [3.8, 4) is 0 Å². The first kappa shape index (κ1) is 15.9. The third kappa shape index (κ3) is 5.69. The van der Waals surface area contributed by atoms with Crippen molar-refractivity contribution in [3.05, 3.63) is 35.6 Å². The lowest BCUT2D eigenvalue weighted by atomic mass is 10.1. The van der Waals surface area contributed by atoms with Gasteiger partial charge in [0.05, 0.1) is 0 Å². The van der Waals surface area contributed by atoms with Gasteiger partial charge in [0.15, 0.2) is 0 Å². The molecule has 110 valence electrons. The summed E-state index contributed by atoms with van der Waals surface area (Å²) in [5.74, 6) is -1.43. The van der Waals surface area contributed by atoms with Crippen molar-refractivity contribution >= 4 is 12.0 Å². The molecule has 0 aromatic heterocycles. The third-order valence-corrected chi connectivity index (χ3v) is 2.79. The predicted octanol–water partition coefficient (Wildman–Crippen LogP) is 2.27. The van der Waals surface area contributed by atoms with Crippen LogP contribution in [0, 0.1) is 5.82 Å². The molecule has 0 saturated heterocycles. The molecular formula is C14H19FN2O3. The molecule has 1 rings (SSSR count). The summed E-state index contributed by atoms with van der Waals surface area (Å²) in [5.41, 5.74) is 0.612. The van der Waals surface area contributed by atoms with E-state index >= 15 is 0 Å². The van der Waals surface area contributed by atoms with Gasteiger partial charge in [-0.25, -0.2) is 14.0 Å². The van der Waals surface area contributed by atoms with Crippen molar-refractivity contribution in [2.75, 3.05) is 0 Å². The van der Waals surface area contributed by atoms with Gasteiger partial charge < -0.3 is 15.7 Å². The number of carboxylic acids is 1. The largest absolute Gasteiger partial charge is 0.480 e. The highest BCUT2D eigenvalue weighted by atomic mass is 19.1. The van der Waals surface area contributed by atoms with Gasteiger partial charge in [-0.2, -0.15) is 0 Å². The number of hydrogen-bond donors (Lipinski definition) is 3. The van der Waals surface area contributed by atoms with Gasteiger partial charge in [-0.15, -0.1) is 0 Å². The van der Waals surface area contributed by atoms with Gasteiger partial charge >= 0.3 is 12.0 Å². The molecule has 0 bridgehead atoms. The number of carbonyl (C=O) groups excluding carboxylic acids is 1. The summed E-state index contributed by atoms with van der Waals surface area (Å²) < 4.78 is 12.9. The second-order valence-electron chi connectivity index (χ2n) is 4.49. The molecule has 0 radical (unpaired) electrons. The van der Waals surface area contributed by atoms with Crippen LogP contribution in [0.3, 0.4) is 0 Å². The summed E-state index contributed by atoms with van der Waals surface area (Å²) in [6.45, 7) is 2.09. The number of unbranched alkanes of at least 4 members (excludes halogenated alkanes) is 1. The van der Waals surface area contributed by atoms with Crippen LogP contribution in [0.4, 0.5) is 9.18 Å². The molecule has 2 amide bonds. The number of hydrogen-bond acceptors (Lipinski definition) is 2. The molecule has 1 aromatic carbocycles. The van der Waals surface area contributed by atoms with E-state index in [1.807, 2.05) is 6.92 Å². The van der Waals surface area contributed by atoms with E-state index in [9.17, 15) is 14.0 Å². The molecule has 1 atom stereocenters. The van der Waals surface area contributed by atoms with Gasteiger partial charge in [0, 0.05) is 6.54 Å². The van der Waals surface area contributed by atoms with E-state index in [-0.39, 0.29) is 12.4 Å². The molecule has 20 heavy (non-hydrogen) atoms. The quantitative estimate of drug-likeness (QED) is 0.718. The maximum absolute atomic E-state index is 12.9. The zero-order valence-corrected chi connectivity index (χ0v) is 11.4. The number of amides is 2. The number of carboxylic acid groups (broad SMARTS) is 1. The number of nitrogens with one attached hydrogen (secondary N) is 2. The Morgan fingerprint density at radius 1 is 1.40 bits per heavy atom. The topological polar surface area (TPSA) is 78.4 Å². The minimum absolute atomic E-state index is 0.143. The Bertz CT molecular complexity index is 465. The summed E-state index contributed by atoms with van der Waals surface area (Å²) in [5, 5.41) is 13.9. The van der Waals surface area contributed by atoms with Crippen LogP contribution in [0.5, 0.6) is 0 Å². The molecule has 0 aliphatic heterocycles. The normalized spacial score (nSPS) is 11.7. The Labute approximate surface area is 117 Å². The molecule has 0 fully saturated rings. The van der Waals surface area contributed by atoms with E-state index in [2.05, 4.69) is 10.6 Å². The maximum Gasteiger partial charge on any atom is 0.326 e. The van der Waals surface area contributed by atoms with E-state index in [4.69, 9.17) is 5.11 Å². The second-order valence-corrected chi connectivity index (χ2v) is 4.49. The highest BCUT2D eigenvalue weighted by Gasteiger charge is 2.18. The number of carbonyl (C=O) groups is 2. The van der Waals surface area contributed by atoms with Crippen molar-refractivity contribution in [1.29, 1.82) is 0 Å². The second kappa shape index (κ2) is 8.14. The van der Waals surface area contributed by atoms with Gasteiger partial charge in [-0.05, 0) is 24.1 Å². The highest BCUT2D eigenvalue weighted by molar-refractivity contribution is 5.82. The van der Waals surface area contributed by atoms with Crippen LogP contribution < -0.4 is 10.6 Å². The molecule has 0 spiro atoms. The Kier molecular flexibility index (Phi) is 6.49. The smallest absolute Gasteiger partial charge is 0.326 e. The van der Waals surface area contributed by atoms with Crippen molar-refractivity contribution in [2.24, 2.45) is 0 Å². The molecule has 6 heteroatoms. The zero-order chi connectivity index (χ0) is 15.0. The fourth-order valence-electron chi connectivity index (χ4n) is 1.70. The molecular weight excluding hydrogens is 263 g/mol. The maximum atomic E-state index is 12.9. The van der Waals surface area contributed by atoms with Crippen molar-refractivity contribution in [3.63, 3.8) is 0 Å². The van der Waals surface area contributed by atoms with Gasteiger partial charge in [-0.3, -0.25) is 0 Å². The number of benzene rings is 1. The Morgan fingerprint density at radius 3 is 2.75 bits per heavy atom. The predicted molar refractivity (Wildman–Crippen MR) is 72.7 cm³/mol. The summed E-state index contributed by atoms with van der Waals surface area (Å²) in [7, 11) is 0. The molecule has 3 N–H and O–H groups in total. The van der Waals surface area contributed by atoms with E-state index in [1.165, 1.54) is 12.1 Å². The average Bonchev–Trinajstić information content (AvgIpc) is 2.41. The highest BCUT2D eigenvalue weighted by Crippen LogP contribution is 2.03. The van der Waals surface area contributed by atoms with Crippen LogP contribution in [-0.2, 0) is 11.3 Å². The molecule has 0 aliphatic rings. The summed E-state index contributed by atoms with van der Waals surface area (Å²) in [6.07, 6.45) is 1.97. The van der Waals surface area contributed by atoms with Crippen LogP contribution in [0.2, 0.25) is 0 Å². The van der Waals surface area contributed by atoms with E-state index < -0.39 is 18.0 Å². The van der Waals surface area contributed by atoms with Crippen molar-refractivity contribution in [1.82, 2.24) is 10.6 Å². The van der Waals surface area contributed by atoms with E-state index in [0.717, 1.165) is 12.8 Å². The molecule has 0 heterocycles. The number of rotatable bonds is 7. The van der Waals surface area contributed by atoms with Crippen LogP contribution >= 0.6 is 0 Å². The summed E-state index contributed by atoms with van der Waals surface area (Å²) in [6, 6.07) is 4.38. The van der Waals surface area contributed by atoms with Gasteiger partial charge in [0.2, 0.25) is 0 Å². The van der Waals surface area contributed by atoms with Crippen LogP contribution in [0.15, 0.2) is 24.3 Å². The first-order chi connectivity index (χ1) is 9.52. The summed E-state index contributed by atoms with van der Waals surface area (Å²) in [4.78, 5) is 22.6. The fourth-order valence-corrected chi connectivity index (χ4v) is 1.70. The van der Waals surface area contributed by atoms with Crippen molar-refractivity contribution < 1.29 is 19.1 Å². The Hall–Kier alpha value is -2.11. The lowest BCUT2D eigenvalue weighted by molar-refractivity contribution is -0.139. The number of urea groups is 1. The molecule has 0 unspecified atom stereocenters. The van der Waals surface area contributed by atoms with Gasteiger partial charge in [0.25, 0.3) is 0 Å². The summed E-state index contributed by atoms with van der Waals surface area (Å²) >= 11 is 0. The number of halogens is 1. The third-order valence-electron chi connectivity index (χ3n) is 2.79. The standard InChI is InChI=1S/C14H19FN2O3/c1-2-3-7-12(13(18)19)17-14(20)16-9-10-5-4-6-11(15)8-10/h4-6,8,12H,2-3,7,9H2,1H3,(H,18,19)(H2,16,17,20)/t12-/m0/s1. The van der Waals surface area contributed by atoms with Gasteiger partial charge in [0.1, 0.15) is 11.9 Å². The monoisotopic (exact) mass is 282 g/mol. The Balaban J connectivity index is 2.43. The van der Waals surface area contributed by atoms with Crippen LogP contribution in [0.25, 0.3) is 0 Å². The van der Waals surface area contributed by atoms with Crippen LogP contribution in [0.1, 0.15) is 31.7 Å². The molecule has 0 saturated carbocycles. The van der Waals surface area contributed by atoms with Crippen LogP contribution in [-0.4, -0.2) is 23.1 Å². The van der Waals surface area contributed by atoms with E-state index in [1.54, 1.807) is 12.1 Å². The molecule has 0 aliphatic carbocycles. The molecule has 5 nitrogen and oxygen atoms in total. The average molecular weight is 282 g/mol. The first-order valence-electron chi connectivity index (χ1n) is 6.54. The lowest BCUT2D eigenvalue weighted by Crippen LogP contribution is -2.45. The zero-order valence-electron chi connectivity index (χ0n) is 11.4. The van der Waals surface area contributed by atoms with E-state index in [0.29, 0.717) is 12.0 Å². The van der Waals surface area contributed by atoms with Crippen molar-refractivity contribution in [2.45, 2.75) is 38.8 Å². The molecule has 1 aromatic rings. The van der Waals surface area contributed by atoms with Gasteiger partial charge in [-0.1, -0.05) is 31.9 Å². The number of aliphatic carboxylic acids is 1. The lowest BCUT2D eigenvalue weighted by Gasteiger charge is -2.14.